The molecule has 0 aliphatic rings. The molecule has 0 aromatic carbocycles. The van der Waals surface area contributed by atoms with E-state index in [0.717, 1.165) is 0 Å². The van der Waals surface area contributed by atoms with Crippen molar-refractivity contribution in [3.8, 4) is 0 Å². The van der Waals surface area contributed by atoms with E-state index in [2.05, 4.69) is 0 Å². The largest absolute Gasteiger partial charge is 0.358 e. The fraction of sp³-hybridized carbons (Fsp3) is 0. The van der Waals surface area contributed by atoms with Crippen LogP contribution >= 0.6 is 0 Å². The molecule has 0 aromatic heterocycles. The third-order valence-electron chi connectivity index (χ3n) is 0. The first-order valence-electron chi connectivity index (χ1n) is 0. The number of hydrogen-bond donors (Lipinski definition) is 0. The topological polar surface area (TPSA) is 0 Å². The Kier molecular flexibility index (Phi) is 2490. The van der Waals surface area contributed by atoms with Gasteiger partial charge in [0.05, 0.1) is 0 Å². The Morgan fingerprint density at radius 2 is 0.0444 bits per heavy atom. The maximum atomic E-state index is 0. The summed E-state index contributed by atoms with van der Waals surface area (Å²) in [6.45, 7) is 0. The minimum atomic E-state index is 0. The Morgan fingerprint density at radius 3 is 0.0444 bits per heavy atom. The molecule has 0 N–H and O–H groups in total. The molecule has 0 fully saturated rings. The molecule has 0 nitrogen and oxygen atoms in total. The first-order valence-corrected chi connectivity index (χ1v) is 0. The summed E-state index contributed by atoms with van der Waals surface area (Å²) >= 11 is 0. The van der Waals surface area contributed by atoms with Gasteiger partial charge in [-0.15, -0.1) is 0 Å². The van der Waals surface area contributed by atoms with Crippen LogP contribution in [0.25, 0.3) is 0 Å². The van der Waals surface area contributed by atoms with Crippen LogP contribution in [0.1, 0.15) is 0 Å². The molecule has 0 saturated carbocycles. The van der Waals surface area contributed by atoms with Crippen LogP contribution in [0.2, 0.25) is 0 Å². The molecule has 140 valence electrons. The average molecular weight is 3930 g/mol. The van der Waals surface area contributed by atoms with E-state index in [9.17, 15) is 0 Å². The van der Waals surface area contributed by atoms with Gasteiger partial charge in [-0.05, 0) is 0 Å². The van der Waals surface area contributed by atoms with Crippen molar-refractivity contribution in [2.45, 2.75) is 0 Å². The molecule has 0 aliphatic carbocycles. The zero-order chi connectivity index (χ0) is 0. The van der Waals surface area contributed by atoms with E-state index in [-0.39, 0.29) is 1450 Å². The van der Waals surface area contributed by atoms with Crippen LogP contribution in [-0.2, 0) is 1440 Å². The monoisotopic (exact) mass is 3930 g/mol. The Bertz CT molecular complexity index is 6.92. The van der Waals surface area contributed by atoms with Gasteiger partial charge in [0.15, 0.2) is 0 Å². The van der Waals surface area contributed by atoms with Gasteiger partial charge in [0, 0.05) is 1440 Å². The summed E-state index contributed by atoms with van der Waals surface area (Å²) in [5, 5.41) is 0. The van der Waals surface area contributed by atoms with Crippen molar-refractivity contribution in [1.29, 1.82) is 0 Å². The fourth-order valence-corrected chi connectivity index (χ4v) is 0. The van der Waals surface area contributed by atoms with Gasteiger partial charge in [-0.3, -0.25) is 0 Å². The van der Waals surface area contributed by atoms with E-state index in [1.165, 1.54) is 0 Å². The molecule has 0 heterocycles. The van der Waals surface area contributed by atoms with Crippen LogP contribution in [0.3, 0.4) is 0 Å². The Labute approximate surface area is 1390 Å². The van der Waals surface area contributed by atoms with E-state index in [1.54, 1.807) is 0 Å². The third kappa shape index (κ3) is 322. The average Bonchev–Trinajstić information content (AvgIpc) is 0. The number of hydrogen-bond acceptors (Lipinski definition) is 0. The van der Waals surface area contributed by atoms with Crippen LogP contribution in [0.5, 0.6) is 0 Å². The molecular weight excluding hydrogens is 3920 g/mol. The van der Waals surface area contributed by atoms with Crippen molar-refractivity contribution in [3.63, 3.8) is 0 Å². The van der Waals surface area contributed by atoms with Crippen molar-refractivity contribution in [3.05, 3.63) is 7.43 Å². The van der Waals surface area contributed by atoms with Gasteiger partial charge >= 0.3 is 0 Å². The van der Waals surface area contributed by atoms with Gasteiger partial charge in [0.25, 0.3) is 0 Å². The molecule has 44 heteroatoms. The second kappa shape index (κ2) is 329. The summed E-state index contributed by atoms with van der Waals surface area (Å²) in [6, 6.07) is 0. The number of rotatable bonds is 0. The van der Waals surface area contributed by atoms with Crippen LogP contribution in [0, 0.1) is 7.43 Å². The maximum absolute atomic E-state index is 0. The van der Waals surface area contributed by atoms with Gasteiger partial charge in [-0.2, -0.15) is 0 Å². The molecule has 0 saturated heterocycles. The van der Waals surface area contributed by atoms with Crippen molar-refractivity contribution in [2.24, 2.45) is 0 Å². The quantitative estimate of drug-likeness (QED) is 0.308. The molecule has 0 atom stereocenters. The van der Waals surface area contributed by atoms with Crippen molar-refractivity contribution < 1.29 is 1440 Å². The van der Waals surface area contributed by atoms with Gasteiger partial charge in [-0.25, -0.2) is 0 Å². The molecule has 45 heavy (non-hydrogen) atoms. The summed E-state index contributed by atoms with van der Waals surface area (Å²) in [7, 11) is 0. The van der Waals surface area contributed by atoms with Gasteiger partial charge in [-0.1, -0.05) is 0 Å². The standard InChI is InChI=1S/CH3.44Y/h1H3;;;;;;;;;;;;;;;;;;;;;;;;;;;;;;;;;;;;;;;;;;;;/q-1;;;;;;;;;;;;;;;;;;;;;;;;;;;;;;;;;;;;;;;;;;;;. The predicted molar refractivity (Wildman–Crippen MR) is 6.41 cm³/mol. The smallest absolute Gasteiger partial charge is 0 e. The minimum absolute atomic E-state index is 0. The second-order valence-corrected chi connectivity index (χ2v) is 0. The van der Waals surface area contributed by atoms with Gasteiger partial charge < -0.3 is 7.43 Å². The van der Waals surface area contributed by atoms with E-state index in [0.29, 0.717) is 0 Å². The maximum Gasteiger partial charge on any atom is 0 e. The molecule has 44 radical (unpaired) electrons. The molecule has 0 aliphatic heterocycles. The van der Waals surface area contributed by atoms with E-state index in [4.69, 9.17) is 0 Å². The van der Waals surface area contributed by atoms with E-state index >= 15 is 0 Å². The van der Waals surface area contributed by atoms with Crippen molar-refractivity contribution >= 4 is 0 Å². The SMILES string of the molecule is [CH3-].[Y].[Y].[Y].[Y].[Y].[Y].[Y].[Y].[Y].[Y].[Y].[Y].[Y].[Y].[Y].[Y].[Y].[Y].[Y].[Y].[Y].[Y].[Y].[Y].[Y].[Y].[Y].[Y].[Y].[Y].[Y].[Y].[Y].[Y].[Y].[Y].[Y].[Y].[Y].[Y].[Y].[Y].[Y].[Y]. The van der Waals surface area contributed by atoms with Gasteiger partial charge in [0.2, 0.25) is 0 Å². The minimum Gasteiger partial charge on any atom is -0.358 e. The molecule has 0 bridgehead atoms. The molecular formula is CH3Y44-. The normalized spacial score (nSPS) is 0. The summed E-state index contributed by atoms with van der Waals surface area (Å²) < 4.78 is 0. The Hall–Kier alpha value is 48.6. The molecule has 0 spiro atoms. The Morgan fingerprint density at radius 1 is 0.0444 bits per heavy atom. The summed E-state index contributed by atoms with van der Waals surface area (Å²) in [5.41, 5.74) is 0. The summed E-state index contributed by atoms with van der Waals surface area (Å²) in [6.07, 6.45) is 0. The molecule has 0 rings (SSSR count). The van der Waals surface area contributed by atoms with E-state index in [1.807, 2.05) is 0 Å². The first-order chi connectivity index (χ1) is 0. The summed E-state index contributed by atoms with van der Waals surface area (Å²) in [5.74, 6) is 0. The zero-order valence-electron chi connectivity index (χ0n) is 26.4. The zero-order valence-corrected chi connectivity index (χ0v) is 151. The molecule has 0 amide bonds. The van der Waals surface area contributed by atoms with Crippen molar-refractivity contribution in [1.82, 2.24) is 0 Å². The van der Waals surface area contributed by atoms with Crippen molar-refractivity contribution in [2.75, 3.05) is 0 Å². The molecule has 0 aromatic rings. The first kappa shape index (κ1) is 340. The Balaban J connectivity index is 0. The molecule has 0 unspecified atom stereocenters. The van der Waals surface area contributed by atoms with Crippen LogP contribution in [-0.4, -0.2) is 0 Å². The van der Waals surface area contributed by atoms with Gasteiger partial charge in [0.1, 0.15) is 0 Å². The van der Waals surface area contributed by atoms with E-state index < -0.39 is 0 Å². The van der Waals surface area contributed by atoms with Crippen LogP contribution in [0.4, 0.5) is 0 Å². The third-order valence-corrected chi connectivity index (χ3v) is 0. The summed E-state index contributed by atoms with van der Waals surface area (Å²) in [4.78, 5) is 0. The predicted octanol–water partition coefficient (Wildman–Crippen LogP) is 0.340. The fourth-order valence-electron chi connectivity index (χ4n) is 0. The van der Waals surface area contributed by atoms with Crippen LogP contribution in [0.15, 0.2) is 0 Å². The second-order valence-electron chi connectivity index (χ2n) is 0. The van der Waals surface area contributed by atoms with Crippen LogP contribution < -0.4 is 0 Å².